The number of carbonyl (C=O) groups is 1. The van der Waals surface area contributed by atoms with Crippen LogP contribution in [-0.4, -0.2) is 29.4 Å². The zero-order chi connectivity index (χ0) is 14.4. The summed E-state index contributed by atoms with van der Waals surface area (Å²) in [6, 6.07) is 8.15. The number of thioether (sulfide) groups is 1. The maximum absolute atomic E-state index is 11.8. The SMILES string of the molecule is Cc1ccc(SCC(=O)NCC(O)C2CCCC2)cc1. The van der Waals surface area contributed by atoms with Gasteiger partial charge in [0.05, 0.1) is 11.9 Å². The molecule has 4 heteroatoms. The Hall–Kier alpha value is -1.00. The zero-order valence-corrected chi connectivity index (χ0v) is 12.8. The molecule has 1 aromatic rings. The molecule has 2 N–H and O–H groups in total. The monoisotopic (exact) mass is 293 g/mol. The molecular weight excluding hydrogens is 270 g/mol. The molecule has 1 saturated carbocycles. The maximum atomic E-state index is 11.8. The van der Waals surface area contributed by atoms with E-state index in [0.29, 0.717) is 18.2 Å². The molecule has 0 heterocycles. The van der Waals surface area contributed by atoms with Gasteiger partial charge in [-0.15, -0.1) is 11.8 Å². The Balaban J connectivity index is 1.66. The van der Waals surface area contributed by atoms with E-state index in [-0.39, 0.29) is 12.0 Å². The van der Waals surface area contributed by atoms with Crippen LogP contribution in [0.4, 0.5) is 0 Å². The van der Waals surface area contributed by atoms with Crippen LogP contribution in [0.15, 0.2) is 29.2 Å². The van der Waals surface area contributed by atoms with Crippen molar-refractivity contribution in [1.82, 2.24) is 5.32 Å². The summed E-state index contributed by atoms with van der Waals surface area (Å²) in [4.78, 5) is 12.9. The molecule has 0 saturated heterocycles. The number of aliphatic hydroxyl groups is 1. The van der Waals surface area contributed by atoms with Crippen LogP contribution in [0.25, 0.3) is 0 Å². The first-order valence-corrected chi connectivity index (χ1v) is 8.28. The van der Waals surface area contributed by atoms with Gasteiger partial charge in [-0.2, -0.15) is 0 Å². The Kier molecular flexibility index (Phi) is 5.92. The second-order valence-electron chi connectivity index (χ2n) is 5.52. The van der Waals surface area contributed by atoms with Gasteiger partial charge in [-0.3, -0.25) is 4.79 Å². The fourth-order valence-corrected chi connectivity index (χ4v) is 3.29. The topological polar surface area (TPSA) is 49.3 Å². The summed E-state index contributed by atoms with van der Waals surface area (Å²) in [6.07, 6.45) is 4.22. The molecular formula is C16H23NO2S. The van der Waals surface area contributed by atoms with E-state index in [2.05, 4.69) is 5.32 Å². The predicted molar refractivity (Wildman–Crippen MR) is 82.9 cm³/mol. The molecule has 1 aliphatic carbocycles. The summed E-state index contributed by atoms with van der Waals surface area (Å²) in [5.74, 6) is 0.771. The summed E-state index contributed by atoms with van der Waals surface area (Å²) in [7, 11) is 0. The summed E-state index contributed by atoms with van der Waals surface area (Å²) in [5.41, 5.74) is 1.22. The van der Waals surface area contributed by atoms with Gasteiger partial charge in [0.25, 0.3) is 0 Å². The van der Waals surface area contributed by atoms with E-state index < -0.39 is 0 Å². The number of benzene rings is 1. The van der Waals surface area contributed by atoms with Gasteiger partial charge < -0.3 is 10.4 Å². The highest BCUT2D eigenvalue weighted by Crippen LogP contribution is 2.27. The fraction of sp³-hybridized carbons (Fsp3) is 0.562. The Morgan fingerprint density at radius 2 is 2.00 bits per heavy atom. The number of aryl methyl sites for hydroxylation is 1. The van der Waals surface area contributed by atoms with Gasteiger partial charge in [0.1, 0.15) is 0 Å². The second-order valence-corrected chi connectivity index (χ2v) is 6.57. The number of nitrogens with one attached hydrogen (secondary N) is 1. The third-order valence-electron chi connectivity index (χ3n) is 3.84. The molecule has 1 atom stereocenters. The molecule has 20 heavy (non-hydrogen) atoms. The summed E-state index contributed by atoms with van der Waals surface area (Å²) in [5, 5.41) is 12.8. The van der Waals surface area contributed by atoms with Crippen LogP contribution in [0.2, 0.25) is 0 Å². The van der Waals surface area contributed by atoms with Crippen molar-refractivity contribution >= 4 is 17.7 Å². The van der Waals surface area contributed by atoms with Gasteiger partial charge in [-0.1, -0.05) is 30.5 Å². The van der Waals surface area contributed by atoms with E-state index in [4.69, 9.17) is 0 Å². The quantitative estimate of drug-likeness (QED) is 0.793. The van der Waals surface area contributed by atoms with Crippen molar-refractivity contribution in [3.8, 4) is 0 Å². The fourth-order valence-electron chi connectivity index (χ4n) is 2.56. The lowest BCUT2D eigenvalue weighted by atomic mass is 10.0. The second kappa shape index (κ2) is 7.70. The number of carbonyl (C=O) groups excluding carboxylic acids is 1. The molecule has 0 bridgehead atoms. The summed E-state index contributed by atoms with van der Waals surface area (Å²) >= 11 is 1.53. The van der Waals surface area contributed by atoms with Gasteiger partial charge in [-0.25, -0.2) is 0 Å². The largest absolute Gasteiger partial charge is 0.391 e. The minimum absolute atomic E-state index is 0.00683. The van der Waals surface area contributed by atoms with Crippen LogP contribution in [0.1, 0.15) is 31.2 Å². The predicted octanol–water partition coefficient (Wildman–Crippen LogP) is 2.75. The molecule has 1 aromatic carbocycles. The zero-order valence-electron chi connectivity index (χ0n) is 12.0. The third-order valence-corrected chi connectivity index (χ3v) is 4.86. The average Bonchev–Trinajstić information content (AvgIpc) is 2.98. The molecule has 0 aliphatic heterocycles. The Labute approximate surface area is 125 Å². The highest BCUT2D eigenvalue weighted by molar-refractivity contribution is 8.00. The van der Waals surface area contributed by atoms with Crippen molar-refractivity contribution in [2.75, 3.05) is 12.3 Å². The maximum Gasteiger partial charge on any atom is 0.230 e. The standard InChI is InChI=1S/C16H23NO2S/c1-12-6-8-14(9-7-12)20-11-16(19)17-10-15(18)13-4-2-3-5-13/h6-9,13,15,18H,2-5,10-11H2,1H3,(H,17,19). The molecule has 2 rings (SSSR count). The Bertz CT molecular complexity index is 427. The van der Waals surface area contributed by atoms with Crippen LogP contribution in [0, 0.1) is 12.8 Å². The first-order chi connectivity index (χ1) is 9.65. The minimum atomic E-state index is -0.383. The van der Waals surface area contributed by atoms with Gasteiger partial charge in [0.2, 0.25) is 5.91 Å². The third kappa shape index (κ3) is 4.84. The Morgan fingerprint density at radius 3 is 2.65 bits per heavy atom. The number of rotatable bonds is 6. The minimum Gasteiger partial charge on any atom is -0.391 e. The van der Waals surface area contributed by atoms with E-state index in [1.807, 2.05) is 31.2 Å². The smallest absolute Gasteiger partial charge is 0.230 e. The van der Waals surface area contributed by atoms with E-state index in [9.17, 15) is 9.90 Å². The molecule has 0 spiro atoms. The van der Waals surface area contributed by atoms with Gasteiger partial charge in [-0.05, 0) is 37.8 Å². The van der Waals surface area contributed by atoms with Crippen molar-refractivity contribution in [2.24, 2.45) is 5.92 Å². The molecule has 1 unspecified atom stereocenters. The molecule has 110 valence electrons. The summed E-state index contributed by atoms with van der Waals surface area (Å²) < 4.78 is 0. The number of aliphatic hydroxyl groups excluding tert-OH is 1. The van der Waals surface area contributed by atoms with E-state index in [1.165, 1.54) is 30.2 Å². The lowest BCUT2D eigenvalue weighted by Gasteiger charge is -2.17. The highest BCUT2D eigenvalue weighted by Gasteiger charge is 2.23. The van der Waals surface area contributed by atoms with Crippen molar-refractivity contribution in [3.63, 3.8) is 0 Å². The number of hydrogen-bond acceptors (Lipinski definition) is 3. The van der Waals surface area contributed by atoms with Gasteiger partial charge in [0, 0.05) is 11.4 Å². The molecule has 1 fully saturated rings. The molecule has 3 nitrogen and oxygen atoms in total. The first-order valence-electron chi connectivity index (χ1n) is 7.29. The van der Waals surface area contributed by atoms with E-state index >= 15 is 0 Å². The number of hydrogen-bond donors (Lipinski definition) is 2. The van der Waals surface area contributed by atoms with E-state index in [1.54, 1.807) is 0 Å². The van der Waals surface area contributed by atoms with Crippen LogP contribution in [-0.2, 0) is 4.79 Å². The van der Waals surface area contributed by atoms with Crippen LogP contribution < -0.4 is 5.32 Å². The molecule has 1 amide bonds. The highest BCUT2D eigenvalue weighted by atomic mass is 32.2. The normalized spacial score (nSPS) is 17.1. The lowest BCUT2D eigenvalue weighted by molar-refractivity contribution is -0.119. The molecule has 1 aliphatic rings. The average molecular weight is 293 g/mol. The van der Waals surface area contributed by atoms with Crippen molar-refractivity contribution in [3.05, 3.63) is 29.8 Å². The van der Waals surface area contributed by atoms with Gasteiger partial charge in [0.15, 0.2) is 0 Å². The van der Waals surface area contributed by atoms with Crippen LogP contribution >= 0.6 is 11.8 Å². The van der Waals surface area contributed by atoms with Crippen LogP contribution in [0.5, 0.6) is 0 Å². The van der Waals surface area contributed by atoms with Crippen LogP contribution in [0.3, 0.4) is 0 Å². The van der Waals surface area contributed by atoms with E-state index in [0.717, 1.165) is 17.7 Å². The summed E-state index contributed by atoms with van der Waals surface area (Å²) in [6.45, 7) is 2.43. The van der Waals surface area contributed by atoms with Crippen molar-refractivity contribution < 1.29 is 9.90 Å². The molecule has 0 radical (unpaired) electrons. The molecule has 0 aromatic heterocycles. The first kappa shape index (κ1) is 15.4. The van der Waals surface area contributed by atoms with Gasteiger partial charge >= 0.3 is 0 Å². The Morgan fingerprint density at radius 1 is 1.35 bits per heavy atom. The lowest BCUT2D eigenvalue weighted by Crippen LogP contribution is -2.36. The number of amides is 1. The van der Waals surface area contributed by atoms with Crippen molar-refractivity contribution in [2.45, 2.75) is 43.6 Å². The van der Waals surface area contributed by atoms with Crippen molar-refractivity contribution in [1.29, 1.82) is 0 Å².